The summed E-state index contributed by atoms with van der Waals surface area (Å²) in [5.74, 6) is -0.0143. The minimum absolute atomic E-state index is 0.214. The number of carbonyl (C=O) groups is 2. The van der Waals surface area contributed by atoms with Crippen LogP contribution in [0.25, 0.3) is 21.7 Å². The van der Waals surface area contributed by atoms with Crippen molar-refractivity contribution in [3.05, 3.63) is 42.2 Å². The normalized spacial score (nSPS) is 17.7. The molecular formula is C21H22N2O4. The Bertz CT molecular complexity index is 1020. The smallest absolute Gasteiger partial charge is 0.234 e. The molecule has 1 aromatic heterocycles. The van der Waals surface area contributed by atoms with Gasteiger partial charge in [0, 0.05) is 23.9 Å². The van der Waals surface area contributed by atoms with E-state index in [4.69, 9.17) is 9.15 Å². The number of amides is 2. The zero-order valence-electron chi connectivity index (χ0n) is 15.5. The summed E-state index contributed by atoms with van der Waals surface area (Å²) in [5.41, 5.74) is 1.57. The van der Waals surface area contributed by atoms with Gasteiger partial charge in [0.05, 0.1) is 12.2 Å². The number of imide groups is 1. The van der Waals surface area contributed by atoms with Crippen LogP contribution in [0.5, 0.6) is 5.75 Å². The van der Waals surface area contributed by atoms with Gasteiger partial charge in [-0.3, -0.25) is 14.9 Å². The van der Waals surface area contributed by atoms with E-state index in [9.17, 15) is 9.59 Å². The second-order valence-corrected chi connectivity index (χ2v) is 7.20. The second kappa shape index (κ2) is 7.04. The Labute approximate surface area is 157 Å². The maximum Gasteiger partial charge on any atom is 0.234 e. The van der Waals surface area contributed by atoms with E-state index in [-0.39, 0.29) is 17.7 Å². The quantitative estimate of drug-likeness (QED) is 0.703. The first-order valence-corrected chi connectivity index (χ1v) is 9.07. The van der Waals surface area contributed by atoms with Crippen LogP contribution >= 0.6 is 0 Å². The third-order valence-electron chi connectivity index (χ3n) is 4.96. The first-order chi connectivity index (χ1) is 13.0. The van der Waals surface area contributed by atoms with E-state index in [0.717, 1.165) is 39.6 Å². The van der Waals surface area contributed by atoms with E-state index in [2.05, 4.69) is 10.2 Å². The van der Waals surface area contributed by atoms with Crippen LogP contribution in [0.15, 0.2) is 41.0 Å². The number of hydrogen-bond donors (Lipinski definition) is 1. The summed E-state index contributed by atoms with van der Waals surface area (Å²) in [7, 11) is 4.02. The lowest BCUT2D eigenvalue weighted by Gasteiger charge is -2.19. The lowest BCUT2D eigenvalue weighted by molar-refractivity contribution is -0.134. The van der Waals surface area contributed by atoms with Crippen LogP contribution < -0.4 is 10.1 Å². The zero-order chi connectivity index (χ0) is 19.0. The molecule has 0 bridgehead atoms. The molecule has 1 saturated heterocycles. The van der Waals surface area contributed by atoms with Crippen LogP contribution in [-0.4, -0.2) is 44.0 Å². The molecule has 3 aromatic rings. The number of nitrogens with zero attached hydrogens (tertiary/aromatic N) is 1. The van der Waals surface area contributed by atoms with Crippen molar-refractivity contribution in [2.45, 2.75) is 18.8 Å². The van der Waals surface area contributed by atoms with Crippen molar-refractivity contribution in [2.24, 2.45) is 0 Å². The van der Waals surface area contributed by atoms with Gasteiger partial charge in [-0.15, -0.1) is 0 Å². The average Bonchev–Trinajstić information content (AvgIpc) is 3.02. The van der Waals surface area contributed by atoms with Crippen LogP contribution in [0.2, 0.25) is 0 Å². The molecule has 6 heteroatoms. The Morgan fingerprint density at radius 3 is 2.81 bits per heavy atom. The molecule has 1 fully saturated rings. The van der Waals surface area contributed by atoms with E-state index in [0.29, 0.717) is 19.4 Å². The summed E-state index contributed by atoms with van der Waals surface area (Å²) in [4.78, 5) is 25.7. The van der Waals surface area contributed by atoms with Crippen molar-refractivity contribution in [3.63, 3.8) is 0 Å². The number of rotatable bonds is 5. The molecule has 1 N–H and O–H groups in total. The number of nitrogens with one attached hydrogen (secondary N) is 1. The highest BCUT2D eigenvalue weighted by molar-refractivity contribution is 6.04. The fourth-order valence-electron chi connectivity index (χ4n) is 3.46. The first kappa shape index (κ1) is 17.5. The van der Waals surface area contributed by atoms with Gasteiger partial charge in [-0.05, 0) is 55.6 Å². The van der Waals surface area contributed by atoms with Gasteiger partial charge in [-0.1, -0.05) is 6.07 Å². The Morgan fingerprint density at radius 2 is 2.04 bits per heavy atom. The summed E-state index contributed by atoms with van der Waals surface area (Å²) in [6.45, 7) is 1.46. The number of piperidine rings is 1. The molecule has 140 valence electrons. The Kier molecular flexibility index (Phi) is 4.58. The maximum absolute atomic E-state index is 12.2. The Morgan fingerprint density at radius 1 is 1.19 bits per heavy atom. The van der Waals surface area contributed by atoms with Gasteiger partial charge in [0.15, 0.2) is 0 Å². The second-order valence-electron chi connectivity index (χ2n) is 7.20. The van der Waals surface area contributed by atoms with Gasteiger partial charge in [0.1, 0.15) is 17.9 Å². The third-order valence-corrected chi connectivity index (χ3v) is 4.96. The Hall–Kier alpha value is -2.86. The third kappa shape index (κ3) is 3.53. The van der Waals surface area contributed by atoms with Crippen molar-refractivity contribution in [1.82, 2.24) is 10.2 Å². The van der Waals surface area contributed by atoms with Gasteiger partial charge < -0.3 is 14.1 Å². The van der Waals surface area contributed by atoms with Gasteiger partial charge in [0.25, 0.3) is 0 Å². The highest BCUT2D eigenvalue weighted by Crippen LogP contribution is 2.35. The van der Waals surface area contributed by atoms with Crippen LogP contribution in [0.3, 0.4) is 0 Å². The topological polar surface area (TPSA) is 71.8 Å². The predicted octanol–water partition coefficient (Wildman–Crippen LogP) is 3.05. The molecule has 0 saturated carbocycles. The number of fused-ring (bicyclic) bond motifs is 2. The Balaban J connectivity index is 1.67. The standard InChI is InChI=1S/C21H22N2O4/c1-23(2)7-8-26-15-4-3-13-11-19-17(10-14(13)9-15)18(12-27-19)16-5-6-20(24)22-21(16)25/h3-4,9-12,16H,5-8H2,1-2H3,(H,22,24,25). The maximum atomic E-state index is 12.2. The van der Waals surface area contributed by atoms with E-state index >= 15 is 0 Å². The molecule has 1 unspecified atom stereocenters. The predicted molar refractivity (Wildman–Crippen MR) is 103 cm³/mol. The van der Waals surface area contributed by atoms with Crippen molar-refractivity contribution >= 4 is 33.6 Å². The molecular weight excluding hydrogens is 344 g/mol. The van der Waals surface area contributed by atoms with Gasteiger partial charge in [-0.2, -0.15) is 0 Å². The monoisotopic (exact) mass is 366 g/mol. The van der Waals surface area contributed by atoms with E-state index < -0.39 is 0 Å². The minimum atomic E-state index is -0.360. The molecule has 1 aliphatic rings. The summed E-state index contributed by atoms with van der Waals surface area (Å²) in [6.07, 6.45) is 2.49. The number of carbonyl (C=O) groups excluding carboxylic acids is 2. The molecule has 6 nitrogen and oxygen atoms in total. The summed E-state index contributed by atoms with van der Waals surface area (Å²) < 4.78 is 11.5. The SMILES string of the molecule is CN(C)CCOc1ccc2cc3occ(C4CCC(=O)NC4=O)c3cc2c1. The number of likely N-dealkylation sites (N-methyl/N-ethyl adjacent to an activating group) is 1. The zero-order valence-corrected chi connectivity index (χ0v) is 15.5. The molecule has 4 rings (SSSR count). The summed E-state index contributed by atoms with van der Waals surface area (Å²) in [5, 5.41) is 5.40. The number of benzene rings is 2. The number of hydrogen-bond acceptors (Lipinski definition) is 5. The molecule has 27 heavy (non-hydrogen) atoms. The van der Waals surface area contributed by atoms with Crippen LogP contribution in [0, 0.1) is 0 Å². The lowest BCUT2D eigenvalue weighted by Crippen LogP contribution is -2.39. The van der Waals surface area contributed by atoms with E-state index in [1.54, 1.807) is 6.26 Å². The van der Waals surface area contributed by atoms with E-state index in [1.807, 2.05) is 44.4 Å². The fraction of sp³-hybridized carbons (Fsp3) is 0.333. The number of furan rings is 1. The summed E-state index contributed by atoms with van der Waals surface area (Å²) in [6, 6.07) is 9.98. The minimum Gasteiger partial charge on any atom is -0.492 e. The lowest BCUT2D eigenvalue weighted by atomic mass is 9.90. The molecule has 0 radical (unpaired) electrons. The van der Waals surface area contributed by atoms with Crippen LogP contribution in [0.4, 0.5) is 0 Å². The van der Waals surface area contributed by atoms with Gasteiger partial charge >= 0.3 is 0 Å². The highest BCUT2D eigenvalue weighted by Gasteiger charge is 2.30. The molecule has 1 aliphatic heterocycles. The average molecular weight is 366 g/mol. The van der Waals surface area contributed by atoms with Crippen molar-refractivity contribution in [3.8, 4) is 5.75 Å². The van der Waals surface area contributed by atoms with Crippen molar-refractivity contribution < 1.29 is 18.7 Å². The molecule has 1 atom stereocenters. The first-order valence-electron chi connectivity index (χ1n) is 9.07. The van der Waals surface area contributed by atoms with Crippen molar-refractivity contribution in [1.29, 1.82) is 0 Å². The molecule has 0 spiro atoms. The molecule has 2 amide bonds. The van der Waals surface area contributed by atoms with Crippen molar-refractivity contribution in [2.75, 3.05) is 27.2 Å². The van der Waals surface area contributed by atoms with Crippen LogP contribution in [-0.2, 0) is 9.59 Å². The van der Waals surface area contributed by atoms with Gasteiger partial charge in [0.2, 0.25) is 11.8 Å². The van der Waals surface area contributed by atoms with Gasteiger partial charge in [-0.25, -0.2) is 0 Å². The van der Waals surface area contributed by atoms with Crippen LogP contribution in [0.1, 0.15) is 24.3 Å². The van der Waals surface area contributed by atoms with E-state index in [1.165, 1.54) is 0 Å². The molecule has 2 aromatic carbocycles. The number of ether oxygens (including phenoxy) is 1. The molecule has 0 aliphatic carbocycles. The highest BCUT2D eigenvalue weighted by atomic mass is 16.5. The summed E-state index contributed by atoms with van der Waals surface area (Å²) >= 11 is 0. The largest absolute Gasteiger partial charge is 0.492 e. The molecule has 2 heterocycles. The fourth-order valence-corrected chi connectivity index (χ4v) is 3.46.